The maximum absolute atomic E-state index is 10.1. The quantitative estimate of drug-likeness (QED) is 0.874. The molecule has 0 aliphatic carbocycles. The zero-order valence-electron chi connectivity index (χ0n) is 12.3. The summed E-state index contributed by atoms with van der Waals surface area (Å²) >= 11 is 0. The van der Waals surface area contributed by atoms with Crippen LogP contribution in [0.15, 0.2) is 24.3 Å². The summed E-state index contributed by atoms with van der Waals surface area (Å²) in [4.78, 5) is 2.39. The molecule has 0 aromatic heterocycles. The number of rotatable bonds is 4. The summed E-state index contributed by atoms with van der Waals surface area (Å²) < 4.78 is 0. The first-order valence-electron chi connectivity index (χ1n) is 7.26. The Morgan fingerprint density at radius 3 is 2.79 bits per heavy atom. The topological polar surface area (TPSA) is 35.5 Å². The molecule has 0 radical (unpaired) electrons. The number of aliphatic hydroxyl groups is 1. The first kappa shape index (κ1) is 14.5. The van der Waals surface area contributed by atoms with Gasteiger partial charge in [0, 0.05) is 19.1 Å². The Hall–Kier alpha value is -0.900. The summed E-state index contributed by atoms with van der Waals surface area (Å²) in [6.07, 6.45) is 1.10. The molecular formula is C16H26N2O. The second-order valence-corrected chi connectivity index (χ2v) is 6.06. The van der Waals surface area contributed by atoms with Crippen LogP contribution in [0, 0.1) is 0 Å². The first-order valence-corrected chi connectivity index (χ1v) is 7.26. The maximum Gasteiger partial charge on any atom is 0.0718 e. The first-order chi connectivity index (χ1) is 9.01. The van der Waals surface area contributed by atoms with Crippen LogP contribution in [0.1, 0.15) is 44.4 Å². The van der Waals surface area contributed by atoms with Gasteiger partial charge in [-0.15, -0.1) is 0 Å². The summed E-state index contributed by atoms with van der Waals surface area (Å²) in [6.45, 7) is 9.60. The van der Waals surface area contributed by atoms with E-state index in [4.69, 9.17) is 0 Å². The SMILES string of the molecule is CCN(CC(C)(C)O)C1CCNCc2ccccc21. The van der Waals surface area contributed by atoms with E-state index in [1.165, 1.54) is 11.1 Å². The van der Waals surface area contributed by atoms with E-state index in [9.17, 15) is 5.11 Å². The largest absolute Gasteiger partial charge is 0.389 e. The zero-order chi connectivity index (χ0) is 13.9. The van der Waals surface area contributed by atoms with Crippen LogP contribution in [0.4, 0.5) is 0 Å². The van der Waals surface area contributed by atoms with Crippen molar-refractivity contribution in [2.75, 3.05) is 19.6 Å². The third-order valence-electron chi connectivity index (χ3n) is 3.76. The van der Waals surface area contributed by atoms with Crippen LogP contribution in [0.2, 0.25) is 0 Å². The van der Waals surface area contributed by atoms with Gasteiger partial charge in [0.2, 0.25) is 0 Å². The van der Waals surface area contributed by atoms with Crippen LogP contribution in [-0.2, 0) is 6.54 Å². The van der Waals surface area contributed by atoms with Crippen molar-refractivity contribution in [3.05, 3.63) is 35.4 Å². The van der Waals surface area contributed by atoms with Gasteiger partial charge in [-0.05, 0) is 44.5 Å². The molecule has 0 fully saturated rings. The molecule has 0 saturated carbocycles. The van der Waals surface area contributed by atoms with Gasteiger partial charge in [0.05, 0.1) is 5.60 Å². The van der Waals surface area contributed by atoms with Gasteiger partial charge < -0.3 is 10.4 Å². The van der Waals surface area contributed by atoms with Gasteiger partial charge in [-0.25, -0.2) is 0 Å². The molecule has 1 heterocycles. The highest BCUT2D eigenvalue weighted by atomic mass is 16.3. The van der Waals surface area contributed by atoms with Gasteiger partial charge in [0.1, 0.15) is 0 Å². The average Bonchev–Trinajstić information content (AvgIpc) is 2.57. The molecule has 1 unspecified atom stereocenters. The van der Waals surface area contributed by atoms with Crippen LogP contribution in [0.3, 0.4) is 0 Å². The number of nitrogens with one attached hydrogen (secondary N) is 1. The van der Waals surface area contributed by atoms with Crippen molar-refractivity contribution in [1.29, 1.82) is 0 Å². The Kier molecular flexibility index (Phi) is 4.61. The van der Waals surface area contributed by atoms with Crippen molar-refractivity contribution in [3.63, 3.8) is 0 Å². The second kappa shape index (κ2) is 6.04. The van der Waals surface area contributed by atoms with Gasteiger partial charge in [-0.1, -0.05) is 31.2 Å². The number of likely N-dealkylation sites (N-methyl/N-ethyl adjacent to an activating group) is 1. The maximum atomic E-state index is 10.1. The third-order valence-corrected chi connectivity index (χ3v) is 3.76. The molecular weight excluding hydrogens is 236 g/mol. The monoisotopic (exact) mass is 262 g/mol. The molecule has 3 nitrogen and oxygen atoms in total. The van der Waals surface area contributed by atoms with Gasteiger partial charge in [0.25, 0.3) is 0 Å². The lowest BCUT2D eigenvalue weighted by Crippen LogP contribution is -2.41. The molecule has 0 amide bonds. The Bertz CT molecular complexity index is 411. The van der Waals surface area contributed by atoms with Crippen LogP contribution in [-0.4, -0.2) is 35.2 Å². The second-order valence-electron chi connectivity index (χ2n) is 6.06. The highest BCUT2D eigenvalue weighted by molar-refractivity contribution is 5.31. The molecule has 0 saturated heterocycles. The van der Waals surface area contributed by atoms with E-state index in [2.05, 4.69) is 41.4 Å². The van der Waals surface area contributed by atoms with Crippen molar-refractivity contribution in [3.8, 4) is 0 Å². The molecule has 2 rings (SSSR count). The minimum Gasteiger partial charge on any atom is -0.389 e. The van der Waals surface area contributed by atoms with Crippen molar-refractivity contribution in [2.24, 2.45) is 0 Å². The fourth-order valence-corrected chi connectivity index (χ4v) is 2.96. The third kappa shape index (κ3) is 3.78. The molecule has 0 bridgehead atoms. The normalized spacial score (nSPS) is 20.2. The van der Waals surface area contributed by atoms with Crippen molar-refractivity contribution >= 4 is 0 Å². The fraction of sp³-hybridized carbons (Fsp3) is 0.625. The van der Waals surface area contributed by atoms with Crippen molar-refractivity contribution in [2.45, 2.75) is 45.4 Å². The van der Waals surface area contributed by atoms with Gasteiger partial charge in [-0.3, -0.25) is 4.90 Å². The van der Waals surface area contributed by atoms with E-state index in [-0.39, 0.29) is 0 Å². The highest BCUT2D eigenvalue weighted by Crippen LogP contribution is 2.30. The summed E-state index contributed by atoms with van der Waals surface area (Å²) in [7, 11) is 0. The van der Waals surface area contributed by atoms with Crippen LogP contribution >= 0.6 is 0 Å². The standard InChI is InChI=1S/C16H26N2O/c1-4-18(12-16(2,3)19)15-9-10-17-11-13-7-5-6-8-14(13)15/h5-8,15,17,19H,4,9-12H2,1-3H3. The van der Waals surface area contributed by atoms with E-state index in [1.807, 2.05) is 13.8 Å². The lowest BCUT2D eigenvalue weighted by atomic mass is 9.96. The number of benzene rings is 1. The van der Waals surface area contributed by atoms with E-state index in [0.29, 0.717) is 12.6 Å². The molecule has 3 heteroatoms. The van der Waals surface area contributed by atoms with Crippen LogP contribution in [0.25, 0.3) is 0 Å². The lowest BCUT2D eigenvalue weighted by molar-refractivity contribution is 0.0210. The number of fused-ring (bicyclic) bond motifs is 1. The van der Waals surface area contributed by atoms with Gasteiger partial charge >= 0.3 is 0 Å². The Morgan fingerprint density at radius 2 is 2.11 bits per heavy atom. The Labute approximate surface area is 116 Å². The predicted octanol–water partition coefficient (Wildman–Crippen LogP) is 2.31. The molecule has 1 atom stereocenters. The number of nitrogens with zero attached hydrogens (tertiary/aromatic N) is 1. The van der Waals surface area contributed by atoms with Crippen molar-refractivity contribution < 1.29 is 5.11 Å². The summed E-state index contributed by atoms with van der Waals surface area (Å²) in [5.74, 6) is 0. The van der Waals surface area contributed by atoms with E-state index >= 15 is 0 Å². The number of hydrogen-bond acceptors (Lipinski definition) is 3. The Balaban J connectivity index is 2.27. The molecule has 19 heavy (non-hydrogen) atoms. The van der Waals surface area contributed by atoms with Gasteiger partial charge in [0.15, 0.2) is 0 Å². The average molecular weight is 262 g/mol. The van der Waals surface area contributed by atoms with E-state index < -0.39 is 5.60 Å². The summed E-state index contributed by atoms with van der Waals surface area (Å²) in [6, 6.07) is 9.07. The smallest absolute Gasteiger partial charge is 0.0718 e. The minimum absolute atomic E-state index is 0.405. The lowest BCUT2D eigenvalue weighted by Gasteiger charge is -2.35. The molecule has 2 N–H and O–H groups in total. The van der Waals surface area contributed by atoms with Crippen LogP contribution in [0.5, 0.6) is 0 Å². The Morgan fingerprint density at radius 1 is 1.37 bits per heavy atom. The van der Waals surface area contributed by atoms with Crippen molar-refractivity contribution in [1.82, 2.24) is 10.2 Å². The minimum atomic E-state index is -0.648. The summed E-state index contributed by atoms with van der Waals surface area (Å²) in [5, 5.41) is 13.6. The molecule has 1 aliphatic rings. The highest BCUT2D eigenvalue weighted by Gasteiger charge is 2.27. The molecule has 1 aliphatic heterocycles. The van der Waals surface area contributed by atoms with E-state index in [1.54, 1.807) is 0 Å². The molecule has 0 spiro atoms. The zero-order valence-corrected chi connectivity index (χ0v) is 12.3. The van der Waals surface area contributed by atoms with E-state index in [0.717, 1.165) is 26.1 Å². The fourth-order valence-electron chi connectivity index (χ4n) is 2.96. The molecule has 1 aromatic rings. The summed E-state index contributed by atoms with van der Waals surface area (Å²) in [5.41, 5.74) is 2.16. The van der Waals surface area contributed by atoms with Gasteiger partial charge in [-0.2, -0.15) is 0 Å². The predicted molar refractivity (Wildman–Crippen MR) is 79.1 cm³/mol. The van der Waals surface area contributed by atoms with Crippen LogP contribution < -0.4 is 5.32 Å². The molecule has 1 aromatic carbocycles. The molecule has 106 valence electrons. The number of hydrogen-bond donors (Lipinski definition) is 2.